The van der Waals surface area contributed by atoms with E-state index in [4.69, 9.17) is 4.52 Å². The Kier molecular flexibility index (Phi) is 4.29. The molecule has 3 aromatic rings. The van der Waals surface area contributed by atoms with Crippen LogP contribution < -0.4 is 5.32 Å². The molecule has 0 saturated heterocycles. The first-order valence-corrected chi connectivity index (χ1v) is 7.06. The van der Waals surface area contributed by atoms with Crippen LogP contribution >= 0.6 is 0 Å². The van der Waals surface area contributed by atoms with E-state index in [1.54, 1.807) is 43.5 Å². The molecule has 2 heterocycles. The van der Waals surface area contributed by atoms with Crippen molar-refractivity contribution in [2.24, 2.45) is 0 Å². The second-order valence-corrected chi connectivity index (χ2v) is 4.99. The Morgan fingerprint density at radius 3 is 2.87 bits per heavy atom. The van der Waals surface area contributed by atoms with Crippen LogP contribution in [0, 0.1) is 12.7 Å². The number of halogens is 1. The number of rotatable bonds is 5. The highest BCUT2D eigenvalue weighted by molar-refractivity contribution is 5.57. The zero-order chi connectivity index (χ0) is 16.2. The summed E-state index contributed by atoms with van der Waals surface area (Å²) in [5.41, 5.74) is 0.951. The second kappa shape index (κ2) is 6.53. The summed E-state index contributed by atoms with van der Waals surface area (Å²) in [6.45, 7) is 1.86. The molecule has 0 amide bonds. The van der Waals surface area contributed by atoms with Gasteiger partial charge >= 0.3 is 0 Å². The molecule has 0 saturated carbocycles. The summed E-state index contributed by atoms with van der Waals surface area (Å²) in [6.07, 6.45) is 0.611. The normalized spacial score (nSPS) is 12.1. The van der Waals surface area contributed by atoms with Crippen molar-refractivity contribution < 1.29 is 14.0 Å². The summed E-state index contributed by atoms with van der Waals surface area (Å²) in [5.74, 6) is 1.02. The fourth-order valence-electron chi connectivity index (χ4n) is 2.13. The van der Waals surface area contributed by atoms with Crippen molar-refractivity contribution in [1.29, 1.82) is 0 Å². The van der Waals surface area contributed by atoms with Crippen LogP contribution in [0.25, 0.3) is 11.5 Å². The molecule has 0 aliphatic carbocycles. The molecule has 0 fully saturated rings. The molecule has 3 rings (SSSR count). The van der Waals surface area contributed by atoms with E-state index in [9.17, 15) is 9.50 Å². The fraction of sp³-hybridized carbons (Fsp3) is 0.188. The molecule has 0 aliphatic heterocycles. The Morgan fingerprint density at radius 1 is 1.30 bits per heavy atom. The number of aryl methyl sites for hydroxylation is 1. The molecule has 2 aromatic heterocycles. The topological polar surface area (TPSA) is 84.1 Å². The van der Waals surface area contributed by atoms with Crippen LogP contribution in [0.3, 0.4) is 0 Å². The van der Waals surface area contributed by atoms with E-state index in [-0.39, 0.29) is 12.1 Å². The molecule has 7 heteroatoms. The van der Waals surface area contributed by atoms with E-state index >= 15 is 0 Å². The quantitative estimate of drug-likeness (QED) is 0.753. The Labute approximate surface area is 132 Å². The van der Waals surface area contributed by atoms with Gasteiger partial charge in [-0.2, -0.15) is 4.98 Å². The van der Waals surface area contributed by atoms with Crippen molar-refractivity contribution in [1.82, 2.24) is 15.1 Å². The summed E-state index contributed by atoms with van der Waals surface area (Å²) < 4.78 is 18.7. The Morgan fingerprint density at radius 2 is 2.13 bits per heavy atom. The van der Waals surface area contributed by atoms with E-state index in [0.29, 0.717) is 23.1 Å². The number of benzene rings is 1. The number of aromatic nitrogens is 3. The summed E-state index contributed by atoms with van der Waals surface area (Å²) in [5, 5.41) is 16.8. The smallest absolute Gasteiger partial charge is 0.258 e. The van der Waals surface area contributed by atoms with Crippen molar-refractivity contribution >= 4 is 5.82 Å². The van der Waals surface area contributed by atoms with Gasteiger partial charge in [-0.15, -0.1) is 0 Å². The molecular weight excluding hydrogens is 299 g/mol. The highest BCUT2D eigenvalue weighted by atomic mass is 19.1. The monoisotopic (exact) mass is 314 g/mol. The van der Waals surface area contributed by atoms with E-state index in [2.05, 4.69) is 20.4 Å². The molecule has 1 unspecified atom stereocenters. The molecular formula is C16H15FN4O2. The van der Waals surface area contributed by atoms with Gasteiger partial charge in [0.1, 0.15) is 11.6 Å². The van der Waals surface area contributed by atoms with Gasteiger partial charge in [0, 0.05) is 23.9 Å². The highest BCUT2D eigenvalue weighted by Crippen LogP contribution is 2.21. The van der Waals surface area contributed by atoms with E-state index in [1.165, 1.54) is 6.07 Å². The van der Waals surface area contributed by atoms with Crippen LogP contribution in [-0.4, -0.2) is 26.8 Å². The average Bonchev–Trinajstić information content (AvgIpc) is 3.00. The Balaban J connectivity index is 1.70. The largest absolute Gasteiger partial charge is 0.386 e. The first-order chi connectivity index (χ1) is 11.1. The maximum atomic E-state index is 13.6. The van der Waals surface area contributed by atoms with Gasteiger partial charge < -0.3 is 14.9 Å². The van der Waals surface area contributed by atoms with E-state index < -0.39 is 11.9 Å². The van der Waals surface area contributed by atoms with Crippen molar-refractivity contribution in [3.05, 3.63) is 59.8 Å². The van der Waals surface area contributed by atoms with Crippen LogP contribution in [0.2, 0.25) is 0 Å². The molecule has 2 N–H and O–H groups in total. The maximum absolute atomic E-state index is 13.6. The Bertz CT molecular complexity index is 806. The summed E-state index contributed by atoms with van der Waals surface area (Å²) in [4.78, 5) is 8.30. The third-order valence-electron chi connectivity index (χ3n) is 3.28. The van der Waals surface area contributed by atoms with Crippen LogP contribution in [0.5, 0.6) is 0 Å². The molecule has 0 aliphatic rings. The van der Waals surface area contributed by atoms with Gasteiger partial charge in [0.15, 0.2) is 5.82 Å². The first kappa shape index (κ1) is 15.1. The molecule has 23 heavy (non-hydrogen) atoms. The zero-order valence-electron chi connectivity index (χ0n) is 12.4. The number of aliphatic hydroxyl groups is 1. The Hall–Kier alpha value is -2.80. The number of nitrogens with one attached hydrogen (secondary N) is 1. The van der Waals surface area contributed by atoms with Gasteiger partial charge in [0.25, 0.3) is 5.89 Å². The SMILES string of the molecule is Cc1noc(-c2ccnc(NCC(O)c3ccccc3F)c2)n1. The fourth-order valence-corrected chi connectivity index (χ4v) is 2.13. The van der Waals surface area contributed by atoms with Gasteiger partial charge in [-0.3, -0.25) is 0 Å². The minimum Gasteiger partial charge on any atom is -0.386 e. The lowest BCUT2D eigenvalue weighted by molar-refractivity contribution is 0.186. The third kappa shape index (κ3) is 3.51. The number of anilines is 1. The van der Waals surface area contributed by atoms with Gasteiger partial charge in [0.2, 0.25) is 0 Å². The maximum Gasteiger partial charge on any atom is 0.258 e. The van der Waals surface area contributed by atoms with Gasteiger partial charge in [-0.1, -0.05) is 23.4 Å². The molecule has 0 bridgehead atoms. The van der Waals surface area contributed by atoms with Crippen molar-refractivity contribution in [3.8, 4) is 11.5 Å². The van der Waals surface area contributed by atoms with E-state index in [0.717, 1.165) is 0 Å². The molecule has 118 valence electrons. The lowest BCUT2D eigenvalue weighted by Crippen LogP contribution is -2.14. The van der Waals surface area contributed by atoms with Gasteiger partial charge in [-0.05, 0) is 25.1 Å². The predicted molar refractivity (Wildman–Crippen MR) is 82.1 cm³/mol. The number of hydrogen-bond acceptors (Lipinski definition) is 6. The minimum atomic E-state index is -0.979. The standard InChI is InChI=1S/C16H15FN4O2/c1-10-20-16(23-21-10)11-6-7-18-15(8-11)19-9-14(22)12-4-2-3-5-13(12)17/h2-8,14,22H,9H2,1H3,(H,18,19). The third-order valence-corrected chi connectivity index (χ3v) is 3.28. The number of hydrogen-bond donors (Lipinski definition) is 2. The first-order valence-electron chi connectivity index (χ1n) is 7.06. The lowest BCUT2D eigenvalue weighted by atomic mass is 10.1. The van der Waals surface area contributed by atoms with Crippen LogP contribution in [0.4, 0.5) is 10.2 Å². The zero-order valence-corrected chi connectivity index (χ0v) is 12.4. The summed E-state index contributed by atoms with van der Waals surface area (Å²) >= 11 is 0. The lowest BCUT2D eigenvalue weighted by Gasteiger charge is -2.13. The number of pyridine rings is 1. The van der Waals surface area contributed by atoms with Crippen LogP contribution in [0.1, 0.15) is 17.5 Å². The summed E-state index contributed by atoms with van der Waals surface area (Å²) in [7, 11) is 0. The molecule has 0 spiro atoms. The minimum absolute atomic E-state index is 0.125. The second-order valence-electron chi connectivity index (χ2n) is 4.99. The van der Waals surface area contributed by atoms with Gasteiger partial charge in [0.05, 0.1) is 6.10 Å². The number of nitrogens with zero attached hydrogens (tertiary/aromatic N) is 3. The van der Waals surface area contributed by atoms with E-state index in [1.807, 2.05) is 0 Å². The number of aliphatic hydroxyl groups excluding tert-OH is 1. The summed E-state index contributed by atoms with van der Waals surface area (Å²) in [6, 6.07) is 9.59. The van der Waals surface area contributed by atoms with Crippen LogP contribution in [-0.2, 0) is 0 Å². The molecule has 6 nitrogen and oxygen atoms in total. The molecule has 1 atom stereocenters. The molecule has 1 aromatic carbocycles. The highest BCUT2D eigenvalue weighted by Gasteiger charge is 2.13. The van der Waals surface area contributed by atoms with Crippen molar-refractivity contribution in [3.63, 3.8) is 0 Å². The van der Waals surface area contributed by atoms with Crippen LogP contribution in [0.15, 0.2) is 47.1 Å². The predicted octanol–water partition coefficient (Wildman–Crippen LogP) is 2.72. The average molecular weight is 314 g/mol. The van der Waals surface area contributed by atoms with Crippen molar-refractivity contribution in [2.45, 2.75) is 13.0 Å². The molecule has 0 radical (unpaired) electrons. The van der Waals surface area contributed by atoms with Crippen molar-refractivity contribution in [2.75, 3.05) is 11.9 Å². The van der Waals surface area contributed by atoms with Gasteiger partial charge in [-0.25, -0.2) is 9.37 Å².